The van der Waals surface area contributed by atoms with Crippen LogP contribution in [0.15, 0.2) is 36.4 Å². The van der Waals surface area contributed by atoms with Crippen molar-refractivity contribution in [2.45, 2.75) is 12.8 Å². The van der Waals surface area contributed by atoms with Crippen LogP contribution in [0.4, 0.5) is 0 Å². The van der Waals surface area contributed by atoms with Crippen molar-refractivity contribution in [1.29, 1.82) is 0 Å². The first-order valence-electron chi connectivity index (χ1n) is 6.37. The fourth-order valence-corrected chi connectivity index (χ4v) is 1.48. The van der Waals surface area contributed by atoms with Gasteiger partial charge in [-0.1, -0.05) is 41.9 Å². The summed E-state index contributed by atoms with van der Waals surface area (Å²) in [5, 5.41) is 0. The first-order valence-corrected chi connectivity index (χ1v) is 6.37. The summed E-state index contributed by atoms with van der Waals surface area (Å²) in [5.41, 5.74) is 1.49. The third-order valence-electron chi connectivity index (χ3n) is 2.26. The maximum absolute atomic E-state index is 11.9. The summed E-state index contributed by atoms with van der Waals surface area (Å²) < 4.78 is 45.0. The Bertz CT molecular complexity index is 775. The number of allylic oxidation sites excluding steroid dienone is 2. The number of benzene rings is 1. The average molecular weight is 492 g/mol. The van der Waals surface area contributed by atoms with E-state index in [-0.39, 0.29) is 39.3 Å². The number of Topliss-reactive ketones (excluding diaryl/α,β-unsaturated/α-hetero) is 1. The van der Waals surface area contributed by atoms with Crippen LogP contribution in [-0.2, 0) is 61.5 Å². The molecule has 0 aliphatic heterocycles. The van der Waals surface area contributed by atoms with E-state index in [1.807, 2.05) is 24.3 Å². The maximum Gasteiger partial charge on any atom is 0 e. The number of rotatable bonds is 0. The van der Waals surface area contributed by atoms with E-state index in [1.54, 1.807) is 12.2 Å². The van der Waals surface area contributed by atoms with Gasteiger partial charge < -0.3 is 0 Å². The van der Waals surface area contributed by atoms with Gasteiger partial charge in [0.05, 0.1) is 0 Å². The Kier molecular flexibility index (Phi) is 76.6. The monoisotopic (exact) mass is 492 g/mol. The van der Waals surface area contributed by atoms with E-state index in [1.165, 1.54) is 0 Å². The minimum Gasteiger partial charge on any atom is 0 e. The van der Waals surface area contributed by atoms with Crippen LogP contribution < -0.4 is 0 Å². The Morgan fingerprint density at radius 3 is 1.63 bits per heavy atom. The van der Waals surface area contributed by atoms with E-state index in [9.17, 15) is 4.79 Å². The van der Waals surface area contributed by atoms with Gasteiger partial charge in [-0.3, -0.25) is 4.79 Å². The summed E-state index contributed by atoms with van der Waals surface area (Å²) in [6.07, 6.45) is 4.47. The molecule has 0 amide bonds. The molecule has 0 spiro atoms. The fourth-order valence-electron chi connectivity index (χ4n) is 1.48. The number of carbonyl (C=O) groups is 1. The summed E-state index contributed by atoms with van der Waals surface area (Å²) in [6.45, 7) is 27.0. The van der Waals surface area contributed by atoms with Gasteiger partial charge in [0, 0.05) is 57.5 Å². The molecule has 1 aromatic rings. The van der Waals surface area contributed by atoms with E-state index in [0.29, 0.717) is 18.4 Å². The predicted octanol–water partition coefficient (Wildman–Crippen LogP) is 2.34. The quantitative estimate of drug-likeness (QED) is 0.307. The average Bonchev–Trinajstić information content (AvgIpc) is 2.87. The van der Waals surface area contributed by atoms with Crippen LogP contribution in [0, 0.1) is 63.6 Å². The van der Waals surface area contributed by atoms with Gasteiger partial charge in [0.25, 0.3) is 0 Å². The molecule has 1 aliphatic rings. The SMILES string of the molecule is O=C1CCC#C/C=C\C#Cc2ccccc21.[C-]#[O+].[C-]#[O+].[C-]#[O+].[C-]#[O+].[C-]#[O+].[C-]#[O+].[Co].[Co]. The van der Waals surface area contributed by atoms with Gasteiger partial charge in [-0.15, -0.1) is 0 Å². The summed E-state index contributed by atoms with van der Waals surface area (Å²) in [4.78, 5) is 11.9. The first kappa shape index (κ1) is 45.8. The fraction of sp³-hybridized carbons (Fsp3) is 0.0952. The Morgan fingerprint density at radius 1 is 0.700 bits per heavy atom. The third kappa shape index (κ3) is 27.4. The number of hydrogen-bond acceptors (Lipinski definition) is 1. The minimum atomic E-state index is 0. The third-order valence-corrected chi connectivity index (χ3v) is 2.26. The first-order chi connectivity index (χ1) is 13.9. The van der Waals surface area contributed by atoms with Crippen molar-refractivity contribution in [3.05, 3.63) is 87.4 Å². The van der Waals surface area contributed by atoms with Crippen molar-refractivity contribution in [3.63, 3.8) is 0 Å². The number of carbonyl (C=O) groups excluding carboxylic acids is 1. The Labute approximate surface area is 195 Å². The van der Waals surface area contributed by atoms with E-state index >= 15 is 0 Å². The second kappa shape index (κ2) is 50.2. The molecule has 7 nitrogen and oxygen atoms in total. The zero-order chi connectivity index (χ0) is 23.2. The van der Waals surface area contributed by atoms with Crippen LogP contribution in [0.25, 0.3) is 0 Å². The van der Waals surface area contributed by atoms with Gasteiger partial charge in [0.2, 0.25) is 0 Å². The van der Waals surface area contributed by atoms with Crippen LogP contribution >= 0.6 is 0 Å². The standard InChI is InChI=1S/C15H10O.6CO.2Co/c16-15-12-6-4-2-1-3-5-9-13-10-7-8-11-14(13)15;6*1-2;;/h1,3,7-8,10-11H,6,12H2;;;;;;;;/b3-1-;;;;;;;;. The molecule has 30 heavy (non-hydrogen) atoms. The molecule has 2 rings (SSSR count). The largest absolute Gasteiger partial charge is 0 e. The molecule has 0 saturated carbocycles. The molecule has 0 aromatic heterocycles. The summed E-state index contributed by atoms with van der Waals surface area (Å²) in [5.74, 6) is 11.7. The van der Waals surface area contributed by atoms with Crippen LogP contribution in [0.1, 0.15) is 28.8 Å². The van der Waals surface area contributed by atoms with Gasteiger partial charge in [-0.2, -0.15) is 0 Å². The Balaban J connectivity index is -0.0000000657. The zero-order valence-corrected chi connectivity index (χ0v) is 17.0. The van der Waals surface area contributed by atoms with Crippen molar-refractivity contribution in [3.8, 4) is 23.7 Å². The smallest absolute Gasteiger partial charge is 0 e. The molecular formula is C21H10Co2O7. The molecule has 1 aromatic carbocycles. The number of ketones is 1. The van der Waals surface area contributed by atoms with Crippen molar-refractivity contribution >= 4 is 5.78 Å². The van der Waals surface area contributed by atoms with Crippen LogP contribution in [-0.4, -0.2) is 5.78 Å². The Hall–Kier alpha value is -2.80. The summed E-state index contributed by atoms with van der Waals surface area (Å²) in [7, 11) is 0. The van der Waals surface area contributed by atoms with Crippen molar-refractivity contribution in [2.24, 2.45) is 0 Å². The van der Waals surface area contributed by atoms with E-state index in [0.717, 1.165) is 5.56 Å². The van der Waals surface area contributed by atoms with Gasteiger partial charge >= 0.3 is 67.8 Å². The van der Waals surface area contributed by atoms with E-state index < -0.39 is 0 Å². The predicted molar refractivity (Wildman–Crippen MR) is 87.4 cm³/mol. The Morgan fingerprint density at radius 2 is 1.13 bits per heavy atom. The zero-order valence-electron chi connectivity index (χ0n) is 14.9. The van der Waals surface area contributed by atoms with Gasteiger partial charge in [0.15, 0.2) is 5.78 Å². The van der Waals surface area contributed by atoms with Gasteiger partial charge in [-0.05, 0) is 18.2 Å². The second-order valence-corrected chi connectivity index (χ2v) is 3.39. The molecule has 0 N–H and O–H groups in total. The molecular weight excluding hydrogens is 482 g/mol. The molecule has 0 atom stereocenters. The molecule has 2 radical (unpaired) electrons. The molecule has 0 fully saturated rings. The van der Waals surface area contributed by atoms with Crippen molar-refractivity contribution in [2.75, 3.05) is 0 Å². The molecule has 0 bridgehead atoms. The normalized spacial score (nSPS) is 8.73. The maximum atomic E-state index is 11.9. The number of fused-ring (bicyclic) bond motifs is 1. The molecule has 9 heteroatoms. The molecule has 0 heterocycles. The molecule has 0 unspecified atom stereocenters. The summed E-state index contributed by atoms with van der Waals surface area (Å²) >= 11 is 0. The van der Waals surface area contributed by atoms with Crippen LogP contribution in [0.5, 0.6) is 0 Å². The van der Waals surface area contributed by atoms with Crippen molar-refractivity contribution in [1.82, 2.24) is 0 Å². The number of hydrogen-bond donors (Lipinski definition) is 0. The second-order valence-electron chi connectivity index (χ2n) is 3.39. The van der Waals surface area contributed by atoms with Gasteiger partial charge in [-0.25, -0.2) is 0 Å². The molecule has 1 aliphatic carbocycles. The molecule has 154 valence electrons. The van der Waals surface area contributed by atoms with Gasteiger partial charge in [0.1, 0.15) is 0 Å². The van der Waals surface area contributed by atoms with E-state index in [4.69, 9.17) is 27.9 Å². The molecule has 0 saturated heterocycles. The van der Waals surface area contributed by atoms with Crippen molar-refractivity contribution < 1.29 is 66.3 Å². The van der Waals surface area contributed by atoms with Crippen LogP contribution in [0.2, 0.25) is 0 Å². The topological polar surface area (TPSA) is 136 Å². The van der Waals surface area contributed by atoms with Crippen LogP contribution in [0.3, 0.4) is 0 Å². The summed E-state index contributed by atoms with van der Waals surface area (Å²) in [6, 6.07) is 7.44. The minimum absolute atomic E-state index is 0. The van der Waals surface area contributed by atoms with E-state index in [2.05, 4.69) is 63.6 Å².